The van der Waals surface area contributed by atoms with E-state index in [-0.39, 0.29) is 5.91 Å². The van der Waals surface area contributed by atoms with Gasteiger partial charge in [0.1, 0.15) is 16.9 Å². The van der Waals surface area contributed by atoms with Gasteiger partial charge in [0, 0.05) is 16.6 Å². The predicted molar refractivity (Wildman–Crippen MR) is 111 cm³/mol. The Bertz CT molecular complexity index is 1140. The minimum Gasteiger partial charge on any atom is -0.351 e. The summed E-state index contributed by atoms with van der Waals surface area (Å²) in [5.74, 6) is 0.255. The van der Waals surface area contributed by atoms with Gasteiger partial charge in [0.05, 0.1) is 11.3 Å². The fourth-order valence-electron chi connectivity index (χ4n) is 3.24. The molecule has 0 bridgehead atoms. The standard InChI is InChI=1S/C21H20N4OS/c1-3-14-8-6-7-13(2)18(14)25-17(26)11-27-21-20-19(22-12-23-21)15-9-4-5-10-16(15)24-20/h4-10,12,24H,3,11H2,1-2H3,(H,25,26). The zero-order valence-electron chi connectivity index (χ0n) is 15.2. The van der Waals surface area contributed by atoms with Gasteiger partial charge in [-0.2, -0.15) is 0 Å². The summed E-state index contributed by atoms with van der Waals surface area (Å²) in [5.41, 5.74) is 5.93. The Morgan fingerprint density at radius 3 is 2.85 bits per heavy atom. The maximum atomic E-state index is 12.5. The van der Waals surface area contributed by atoms with Gasteiger partial charge in [0.15, 0.2) is 0 Å². The van der Waals surface area contributed by atoms with Gasteiger partial charge < -0.3 is 10.3 Å². The summed E-state index contributed by atoms with van der Waals surface area (Å²) < 4.78 is 0. The van der Waals surface area contributed by atoms with Gasteiger partial charge in [-0.05, 0) is 30.5 Å². The average Bonchev–Trinajstić information content (AvgIpc) is 3.07. The van der Waals surface area contributed by atoms with Gasteiger partial charge in [-0.1, -0.05) is 55.1 Å². The predicted octanol–water partition coefficient (Wildman–Crippen LogP) is 4.71. The van der Waals surface area contributed by atoms with Crippen molar-refractivity contribution in [2.75, 3.05) is 11.1 Å². The highest BCUT2D eigenvalue weighted by Gasteiger charge is 2.13. The topological polar surface area (TPSA) is 70.7 Å². The lowest BCUT2D eigenvalue weighted by molar-refractivity contribution is -0.113. The summed E-state index contributed by atoms with van der Waals surface area (Å²) >= 11 is 1.42. The molecule has 2 aromatic heterocycles. The number of carbonyl (C=O) groups is 1. The van der Waals surface area contributed by atoms with Crippen LogP contribution in [0.15, 0.2) is 53.8 Å². The van der Waals surface area contributed by atoms with E-state index in [1.165, 1.54) is 11.8 Å². The lowest BCUT2D eigenvalue weighted by Gasteiger charge is -2.12. The lowest BCUT2D eigenvalue weighted by atomic mass is 10.1. The molecule has 27 heavy (non-hydrogen) atoms. The van der Waals surface area contributed by atoms with Crippen LogP contribution in [0.25, 0.3) is 21.9 Å². The molecule has 0 aliphatic heterocycles. The van der Waals surface area contributed by atoms with Crippen molar-refractivity contribution >= 4 is 45.3 Å². The second-order valence-electron chi connectivity index (χ2n) is 6.37. The molecule has 4 aromatic rings. The van der Waals surface area contributed by atoms with Crippen LogP contribution in [0, 0.1) is 6.92 Å². The number of nitrogens with zero attached hydrogens (tertiary/aromatic N) is 2. The van der Waals surface area contributed by atoms with Gasteiger partial charge in [-0.15, -0.1) is 0 Å². The maximum absolute atomic E-state index is 12.5. The minimum absolute atomic E-state index is 0.0353. The first-order chi connectivity index (χ1) is 13.2. The molecule has 0 radical (unpaired) electrons. The highest BCUT2D eigenvalue weighted by Crippen LogP contribution is 2.29. The number of para-hydroxylation sites is 2. The highest BCUT2D eigenvalue weighted by molar-refractivity contribution is 8.00. The number of nitrogens with one attached hydrogen (secondary N) is 2. The van der Waals surface area contributed by atoms with Crippen molar-refractivity contribution in [3.63, 3.8) is 0 Å². The summed E-state index contributed by atoms with van der Waals surface area (Å²) in [4.78, 5) is 24.7. The first-order valence-electron chi connectivity index (χ1n) is 8.90. The summed E-state index contributed by atoms with van der Waals surface area (Å²) in [6.07, 6.45) is 2.44. The zero-order chi connectivity index (χ0) is 18.8. The fourth-order valence-corrected chi connectivity index (χ4v) is 3.99. The molecule has 0 aliphatic rings. The molecule has 5 nitrogen and oxygen atoms in total. The van der Waals surface area contributed by atoms with Gasteiger partial charge in [0.25, 0.3) is 0 Å². The van der Waals surface area contributed by atoms with Gasteiger partial charge in [0.2, 0.25) is 5.91 Å². The number of aryl methyl sites for hydroxylation is 2. The number of hydrogen-bond acceptors (Lipinski definition) is 4. The van der Waals surface area contributed by atoms with Crippen molar-refractivity contribution in [1.29, 1.82) is 0 Å². The first-order valence-corrected chi connectivity index (χ1v) is 9.88. The number of thioether (sulfide) groups is 1. The molecule has 0 saturated carbocycles. The molecule has 4 rings (SSSR count). The quantitative estimate of drug-likeness (QED) is 0.391. The Hall–Kier alpha value is -2.86. The summed E-state index contributed by atoms with van der Waals surface area (Å²) in [7, 11) is 0. The summed E-state index contributed by atoms with van der Waals surface area (Å²) in [6, 6.07) is 14.1. The van der Waals surface area contributed by atoms with Crippen LogP contribution in [-0.2, 0) is 11.2 Å². The molecule has 0 atom stereocenters. The summed E-state index contributed by atoms with van der Waals surface area (Å²) in [5, 5.41) is 4.91. The van der Waals surface area contributed by atoms with E-state index >= 15 is 0 Å². The van der Waals surface area contributed by atoms with Gasteiger partial charge in [-0.3, -0.25) is 4.79 Å². The monoisotopic (exact) mass is 376 g/mol. The van der Waals surface area contributed by atoms with Crippen LogP contribution in [0.4, 0.5) is 5.69 Å². The van der Waals surface area contributed by atoms with Crippen LogP contribution < -0.4 is 5.32 Å². The van der Waals surface area contributed by atoms with Crippen LogP contribution >= 0.6 is 11.8 Å². The second-order valence-corrected chi connectivity index (χ2v) is 7.34. The molecule has 1 amide bonds. The van der Waals surface area contributed by atoms with Crippen LogP contribution in [-0.4, -0.2) is 26.6 Å². The number of aromatic nitrogens is 3. The first kappa shape index (κ1) is 17.5. The Morgan fingerprint density at radius 1 is 1.15 bits per heavy atom. The van der Waals surface area contributed by atoms with Crippen LogP contribution in [0.3, 0.4) is 0 Å². The lowest BCUT2D eigenvalue weighted by Crippen LogP contribution is -2.16. The van der Waals surface area contributed by atoms with Crippen molar-refractivity contribution in [1.82, 2.24) is 15.0 Å². The summed E-state index contributed by atoms with van der Waals surface area (Å²) in [6.45, 7) is 4.10. The molecular formula is C21H20N4OS. The second kappa shape index (κ2) is 7.40. The molecular weight excluding hydrogens is 356 g/mol. The smallest absolute Gasteiger partial charge is 0.234 e. The minimum atomic E-state index is -0.0353. The zero-order valence-corrected chi connectivity index (χ0v) is 16.1. The number of amides is 1. The van der Waals surface area contributed by atoms with Gasteiger partial charge >= 0.3 is 0 Å². The third-order valence-corrected chi connectivity index (χ3v) is 5.59. The molecule has 136 valence electrons. The molecule has 2 aromatic carbocycles. The van der Waals surface area contributed by atoms with E-state index in [4.69, 9.17) is 0 Å². The normalized spacial score (nSPS) is 11.2. The molecule has 0 fully saturated rings. The van der Waals surface area contributed by atoms with Crippen LogP contribution in [0.5, 0.6) is 0 Å². The molecule has 0 aliphatic carbocycles. The number of carbonyl (C=O) groups excluding carboxylic acids is 1. The van der Waals surface area contributed by atoms with Crippen molar-refractivity contribution in [2.24, 2.45) is 0 Å². The largest absolute Gasteiger partial charge is 0.351 e. The molecule has 6 heteroatoms. The third-order valence-electron chi connectivity index (χ3n) is 4.60. The van der Waals surface area contributed by atoms with Crippen molar-refractivity contribution < 1.29 is 4.79 Å². The highest BCUT2D eigenvalue weighted by atomic mass is 32.2. The fraction of sp³-hybridized carbons (Fsp3) is 0.190. The van der Waals surface area contributed by atoms with Crippen LogP contribution in [0.2, 0.25) is 0 Å². The van der Waals surface area contributed by atoms with Crippen molar-refractivity contribution in [3.05, 3.63) is 59.9 Å². The molecule has 2 heterocycles. The number of hydrogen-bond donors (Lipinski definition) is 2. The number of rotatable bonds is 5. The van der Waals surface area contributed by atoms with Crippen LogP contribution in [0.1, 0.15) is 18.1 Å². The van der Waals surface area contributed by atoms with E-state index in [0.717, 1.165) is 50.2 Å². The molecule has 2 N–H and O–H groups in total. The Balaban J connectivity index is 1.55. The van der Waals surface area contributed by atoms with E-state index in [0.29, 0.717) is 5.75 Å². The average molecular weight is 376 g/mol. The van der Waals surface area contributed by atoms with Gasteiger partial charge in [-0.25, -0.2) is 9.97 Å². The number of benzene rings is 2. The van der Waals surface area contributed by atoms with E-state index in [9.17, 15) is 4.79 Å². The SMILES string of the molecule is CCc1cccc(C)c1NC(=O)CSc1ncnc2c1[nH]c1ccccc12. The Morgan fingerprint density at radius 2 is 2.00 bits per heavy atom. The molecule has 0 saturated heterocycles. The van der Waals surface area contributed by atoms with E-state index < -0.39 is 0 Å². The Kier molecular flexibility index (Phi) is 4.81. The maximum Gasteiger partial charge on any atom is 0.234 e. The number of fused-ring (bicyclic) bond motifs is 3. The molecule has 0 unspecified atom stereocenters. The number of H-pyrrole nitrogens is 1. The third kappa shape index (κ3) is 3.40. The van der Waals surface area contributed by atoms with E-state index in [2.05, 4.69) is 27.2 Å². The van der Waals surface area contributed by atoms with Crippen molar-refractivity contribution in [2.45, 2.75) is 25.3 Å². The Labute approximate surface area is 161 Å². The number of anilines is 1. The number of aromatic amines is 1. The van der Waals surface area contributed by atoms with E-state index in [1.807, 2.05) is 49.4 Å². The molecule has 0 spiro atoms. The van der Waals surface area contributed by atoms with Crippen molar-refractivity contribution in [3.8, 4) is 0 Å². The van der Waals surface area contributed by atoms with E-state index in [1.54, 1.807) is 6.33 Å².